The quantitative estimate of drug-likeness (QED) is 0.884. The molecule has 0 bridgehead atoms. The van der Waals surface area contributed by atoms with Gasteiger partial charge < -0.3 is 5.32 Å². The van der Waals surface area contributed by atoms with Crippen molar-refractivity contribution in [2.24, 2.45) is 0 Å². The molecular formula is C14H18Cl2N4. The molecule has 2 rings (SSSR count). The molecule has 0 fully saturated rings. The van der Waals surface area contributed by atoms with Gasteiger partial charge in [0.05, 0.1) is 28.0 Å². The van der Waals surface area contributed by atoms with Gasteiger partial charge in [0.1, 0.15) is 0 Å². The molecule has 6 heteroatoms. The summed E-state index contributed by atoms with van der Waals surface area (Å²) in [6, 6.07) is 1.83. The third kappa shape index (κ3) is 3.14. The zero-order valence-corrected chi connectivity index (χ0v) is 13.1. The Morgan fingerprint density at radius 1 is 1.25 bits per heavy atom. The van der Waals surface area contributed by atoms with Crippen LogP contribution in [0.2, 0.25) is 10.0 Å². The standard InChI is InChI=1S/C14H18Cl2N4/c1-3-7-20-14(12(16)9-19-20)13(18-4-2)10-5-6-17-8-11(10)15/h5-6,8-9,13,18H,3-4,7H2,1-2H3. The first kappa shape index (κ1) is 15.3. The second kappa shape index (κ2) is 7.07. The number of rotatable bonds is 6. The lowest BCUT2D eigenvalue weighted by molar-refractivity contribution is 0.520. The van der Waals surface area contributed by atoms with Crippen LogP contribution in [0.25, 0.3) is 0 Å². The van der Waals surface area contributed by atoms with Crippen molar-refractivity contribution in [2.75, 3.05) is 6.54 Å². The van der Waals surface area contributed by atoms with Crippen molar-refractivity contribution < 1.29 is 0 Å². The van der Waals surface area contributed by atoms with Crippen LogP contribution in [0.4, 0.5) is 0 Å². The average Bonchev–Trinajstić information content (AvgIpc) is 2.79. The van der Waals surface area contributed by atoms with E-state index in [1.165, 1.54) is 0 Å². The minimum absolute atomic E-state index is 0.0861. The van der Waals surface area contributed by atoms with Crippen LogP contribution < -0.4 is 5.32 Å². The molecule has 2 heterocycles. The van der Waals surface area contributed by atoms with Gasteiger partial charge in [0, 0.05) is 18.9 Å². The van der Waals surface area contributed by atoms with Crippen molar-refractivity contribution in [3.63, 3.8) is 0 Å². The van der Waals surface area contributed by atoms with Crippen molar-refractivity contribution in [3.8, 4) is 0 Å². The van der Waals surface area contributed by atoms with Gasteiger partial charge in [-0.05, 0) is 24.6 Å². The van der Waals surface area contributed by atoms with E-state index in [1.54, 1.807) is 18.6 Å². The van der Waals surface area contributed by atoms with E-state index in [9.17, 15) is 0 Å². The fraction of sp³-hybridized carbons (Fsp3) is 0.429. The van der Waals surface area contributed by atoms with Gasteiger partial charge in [0.25, 0.3) is 0 Å². The topological polar surface area (TPSA) is 42.7 Å². The van der Waals surface area contributed by atoms with Crippen LogP contribution in [0.5, 0.6) is 0 Å². The summed E-state index contributed by atoms with van der Waals surface area (Å²) in [5, 5.41) is 9.05. The molecule has 0 amide bonds. The molecule has 0 saturated carbocycles. The molecule has 0 aliphatic heterocycles. The third-order valence-corrected chi connectivity index (χ3v) is 3.67. The Labute approximate surface area is 129 Å². The molecule has 0 aliphatic carbocycles. The van der Waals surface area contributed by atoms with Crippen molar-refractivity contribution in [2.45, 2.75) is 32.9 Å². The summed E-state index contributed by atoms with van der Waals surface area (Å²) in [7, 11) is 0. The minimum atomic E-state index is -0.0861. The predicted molar refractivity (Wildman–Crippen MR) is 82.3 cm³/mol. The number of aryl methyl sites for hydroxylation is 1. The molecule has 108 valence electrons. The summed E-state index contributed by atoms with van der Waals surface area (Å²) < 4.78 is 1.94. The van der Waals surface area contributed by atoms with Gasteiger partial charge in [0.2, 0.25) is 0 Å². The lowest BCUT2D eigenvalue weighted by Crippen LogP contribution is -2.25. The Kier molecular flexibility index (Phi) is 5.40. The second-order valence-electron chi connectivity index (χ2n) is 4.49. The number of nitrogens with zero attached hydrogens (tertiary/aromatic N) is 3. The van der Waals surface area contributed by atoms with E-state index in [0.29, 0.717) is 10.0 Å². The SMILES string of the molecule is CCCn1ncc(Cl)c1C(NCC)c1ccncc1Cl. The van der Waals surface area contributed by atoms with E-state index in [-0.39, 0.29) is 6.04 Å². The highest BCUT2D eigenvalue weighted by Gasteiger charge is 2.23. The van der Waals surface area contributed by atoms with Gasteiger partial charge in [-0.25, -0.2) is 0 Å². The Balaban J connectivity index is 2.49. The van der Waals surface area contributed by atoms with Gasteiger partial charge >= 0.3 is 0 Å². The Morgan fingerprint density at radius 2 is 2.05 bits per heavy atom. The summed E-state index contributed by atoms with van der Waals surface area (Å²) in [5.41, 5.74) is 1.91. The normalized spacial score (nSPS) is 12.6. The summed E-state index contributed by atoms with van der Waals surface area (Å²) in [4.78, 5) is 4.03. The molecule has 0 saturated heterocycles. The molecule has 0 radical (unpaired) electrons. The van der Waals surface area contributed by atoms with E-state index >= 15 is 0 Å². The van der Waals surface area contributed by atoms with Crippen LogP contribution in [0.15, 0.2) is 24.7 Å². The first-order valence-corrected chi connectivity index (χ1v) is 7.48. The van der Waals surface area contributed by atoms with E-state index < -0.39 is 0 Å². The number of nitrogens with one attached hydrogen (secondary N) is 1. The monoisotopic (exact) mass is 312 g/mol. The number of halogens is 2. The highest BCUT2D eigenvalue weighted by Crippen LogP contribution is 2.31. The summed E-state index contributed by atoms with van der Waals surface area (Å²) >= 11 is 12.6. The van der Waals surface area contributed by atoms with E-state index in [0.717, 1.165) is 30.8 Å². The largest absolute Gasteiger partial charge is 0.305 e. The van der Waals surface area contributed by atoms with Crippen molar-refractivity contribution in [3.05, 3.63) is 46.0 Å². The molecule has 0 aliphatic rings. The van der Waals surface area contributed by atoms with Gasteiger partial charge in [-0.1, -0.05) is 37.0 Å². The van der Waals surface area contributed by atoms with Gasteiger partial charge in [-0.3, -0.25) is 9.67 Å². The van der Waals surface area contributed by atoms with Gasteiger partial charge in [-0.15, -0.1) is 0 Å². The zero-order chi connectivity index (χ0) is 14.5. The Bertz CT molecular complexity index is 568. The van der Waals surface area contributed by atoms with Crippen LogP contribution in [0.3, 0.4) is 0 Å². The Hall–Kier alpha value is -1.10. The van der Waals surface area contributed by atoms with Crippen molar-refractivity contribution in [1.29, 1.82) is 0 Å². The molecule has 20 heavy (non-hydrogen) atoms. The highest BCUT2D eigenvalue weighted by atomic mass is 35.5. The molecular weight excluding hydrogens is 295 g/mol. The van der Waals surface area contributed by atoms with E-state index in [4.69, 9.17) is 23.2 Å². The van der Waals surface area contributed by atoms with Crippen LogP contribution in [0.1, 0.15) is 37.6 Å². The highest BCUT2D eigenvalue weighted by molar-refractivity contribution is 6.32. The number of aromatic nitrogens is 3. The summed E-state index contributed by atoms with van der Waals surface area (Å²) in [6.07, 6.45) is 6.07. The fourth-order valence-electron chi connectivity index (χ4n) is 2.23. The van der Waals surface area contributed by atoms with Gasteiger partial charge in [-0.2, -0.15) is 5.10 Å². The molecule has 1 unspecified atom stereocenters. The number of hydrogen-bond donors (Lipinski definition) is 1. The van der Waals surface area contributed by atoms with Crippen LogP contribution >= 0.6 is 23.2 Å². The van der Waals surface area contributed by atoms with Crippen molar-refractivity contribution in [1.82, 2.24) is 20.1 Å². The Morgan fingerprint density at radius 3 is 2.70 bits per heavy atom. The van der Waals surface area contributed by atoms with Crippen LogP contribution in [-0.2, 0) is 6.54 Å². The first-order valence-electron chi connectivity index (χ1n) is 6.73. The lowest BCUT2D eigenvalue weighted by Gasteiger charge is -2.21. The predicted octanol–water partition coefficient (Wildman–Crippen LogP) is 3.69. The maximum atomic E-state index is 6.33. The summed E-state index contributed by atoms with van der Waals surface area (Å²) in [6.45, 7) is 5.79. The van der Waals surface area contributed by atoms with Gasteiger partial charge in [0.15, 0.2) is 0 Å². The second-order valence-corrected chi connectivity index (χ2v) is 5.30. The fourth-order valence-corrected chi connectivity index (χ4v) is 2.71. The van der Waals surface area contributed by atoms with Crippen LogP contribution in [0, 0.1) is 0 Å². The first-order chi connectivity index (χ1) is 9.69. The molecule has 2 aromatic rings. The van der Waals surface area contributed by atoms with Crippen molar-refractivity contribution >= 4 is 23.2 Å². The lowest BCUT2D eigenvalue weighted by atomic mass is 10.0. The van der Waals surface area contributed by atoms with Crippen LogP contribution in [-0.4, -0.2) is 21.3 Å². The number of hydrogen-bond acceptors (Lipinski definition) is 3. The zero-order valence-electron chi connectivity index (χ0n) is 11.6. The molecule has 0 aromatic carbocycles. The number of pyridine rings is 1. The molecule has 0 spiro atoms. The molecule has 1 N–H and O–H groups in total. The molecule has 2 aromatic heterocycles. The molecule has 4 nitrogen and oxygen atoms in total. The average molecular weight is 313 g/mol. The maximum absolute atomic E-state index is 6.33. The summed E-state index contributed by atoms with van der Waals surface area (Å²) in [5.74, 6) is 0. The minimum Gasteiger partial charge on any atom is -0.305 e. The van der Waals surface area contributed by atoms with E-state index in [2.05, 4.69) is 29.2 Å². The smallest absolute Gasteiger partial charge is 0.0837 e. The third-order valence-electron chi connectivity index (χ3n) is 3.07. The van der Waals surface area contributed by atoms with E-state index in [1.807, 2.05) is 10.7 Å². The maximum Gasteiger partial charge on any atom is 0.0837 e. The molecule has 1 atom stereocenters.